The highest BCUT2D eigenvalue weighted by Gasteiger charge is 2.26. The molecule has 0 unspecified atom stereocenters. The van der Waals surface area contributed by atoms with Crippen LogP contribution in [-0.2, 0) is 17.6 Å². The SMILES string of the molecule is C[C@@H](NC(=O)c1cc2c(s1)-c1ccccc1CC2)[C@H]1CCCO1. The van der Waals surface area contributed by atoms with E-state index in [1.165, 1.54) is 21.6 Å². The zero-order valence-electron chi connectivity index (χ0n) is 13.3. The Kier molecular flexibility index (Phi) is 3.95. The summed E-state index contributed by atoms with van der Waals surface area (Å²) in [6.45, 7) is 2.85. The molecule has 0 bridgehead atoms. The molecule has 2 atom stereocenters. The summed E-state index contributed by atoms with van der Waals surface area (Å²) in [5, 5.41) is 3.12. The molecular formula is C19H21NO2S. The highest BCUT2D eigenvalue weighted by molar-refractivity contribution is 7.17. The lowest BCUT2D eigenvalue weighted by atomic mass is 9.91. The summed E-state index contributed by atoms with van der Waals surface area (Å²) in [7, 11) is 0. The van der Waals surface area contributed by atoms with Crippen LogP contribution in [0, 0.1) is 0 Å². The summed E-state index contributed by atoms with van der Waals surface area (Å²) in [6, 6.07) is 10.7. The molecule has 1 fully saturated rings. The van der Waals surface area contributed by atoms with Gasteiger partial charge in [-0.25, -0.2) is 0 Å². The fourth-order valence-electron chi connectivity index (χ4n) is 3.55. The maximum Gasteiger partial charge on any atom is 0.261 e. The van der Waals surface area contributed by atoms with Gasteiger partial charge in [-0.2, -0.15) is 0 Å². The fourth-order valence-corrected chi connectivity index (χ4v) is 4.73. The summed E-state index contributed by atoms with van der Waals surface area (Å²) < 4.78 is 5.67. The second kappa shape index (κ2) is 6.10. The molecule has 1 N–H and O–H groups in total. The number of aryl methyl sites for hydroxylation is 2. The molecular weight excluding hydrogens is 306 g/mol. The van der Waals surface area contributed by atoms with Crippen molar-refractivity contribution in [3.8, 4) is 10.4 Å². The number of nitrogens with one attached hydrogen (secondary N) is 1. The van der Waals surface area contributed by atoms with E-state index in [2.05, 4.69) is 35.6 Å². The van der Waals surface area contributed by atoms with E-state index in [1.54, 1.807) is 11.3 Å². The molecule has 120 valence electrons. The number of benzene rings is 1. The van der Waals surface area contributed by atoms with Crippen LogP contribution >= 0.6 is 11.3 Å². The standard InChI is InChI=1S/C19H21NO2S/c1-12(16-7-4-10-22-16)20-19(21)17-11-14-9-8-13-5-2-3-6-15(13)18(14)23-17/h2-3,5-6,11-12,16H,4,7-10H2,1H3,(H,20,21)/t12-,16-/m1/s1. The molecule has 2 heterocycles. The quantitative estimate of drug-likeness (QED) is 0.931. The normalized spacial score (nSPS) is 20.7. The Morgan fingerprint density at radius 2 is 2.13 bits per heavy atom. The Morgan fingerprint density at radius 3 is 2.96 bits per heavy atom. The van der Waals surface area contributed by atoms with Gasteiger partial charge in [0.1, 0.15) is 0 Å². The molecule has 4 rings (SSSR count). The van der Waals surface area contributed by atoms with E-state index in [1.807, 2.05) is 6.92 Å². The van der Waals surface area contributed by atoms with Gasteiger partial charge in [0.2, 0.25) is 0 Å². The predicted molar refractivity (Wildman–Crippen MR) is 93.1 cm³/mol. The topological polar surface area (TPSA) is 38.3 Å². The van der Waals surface area contributed by atoms with E-state index in [0.29, 0.717) is 0 Å². The molecule has 1 amide bonds. The van der Waals surface area contributed by atoms with E-state index >= 15 is 0 Å². The van der Waals surface area contributed by atoms with Crippen molar-refractivity contribution in [3.05, 3.63) is 46.3 Å². The second-order valence-electron chi connectivity index (χ2n) is 6.44. The minimum atomic E-state index is 0.0323. The van der Waals surface area contributed by atoms with Crippen LogP contribution in [0.5, 0.6) is 0 Å². The van der Waals surface area contributed by atoms with Gasteiger partial charge in [-0.05, 0) is 55.4 Å². The Hall–Kier alpha value is -1.65. The highest BCUT2D eigenvalue weighted by atomic mass is 32.1. The third kappa shape index (κ3) is 2.81. The van der Waals surface area contributed by atoms with E-state index in [9.17, 15) is 4.79 Å². The molecule has 2 aliphatic rings. The number of ether oxygens (including phenoxy) is 1. The van der Waals surface area contributed by atoms with Crippen molar-refractivity contribution in [1.29, 1.82) is 0 Å². The lowest BCUT2D eigenvalue weighted by molar-refractivity contribution is 0.0714. The molecule has 1 saturated heterocycles. The largest absolute Gasteiger partial charge is 0.376 e. The average molecular weight is 327 g/mol. The van der Waals surface area contributed by atoms with E-state index < -0.39 is 0 Å². The van der Waals surface area contributed by atoms with Crippen LogP contribution in [0.1, 0.15) is 40.6 Å². The van der Waals surface area contributed by atoms with Crippen molar-refractivity contribution in [2.24, 2.45) is 0 Å². The van der Waals surface area contributed by atoms with Crippen molar-refractivity contribution in [2.45, 2.75) is 44.8 Å². The number of amides is 1. The molecule has 23 heavy (non-hydrogen) atoms. The Morgan fingerprint density at radius 1 is 1.30 bits per heavy atom. The van der Waals surface area contributed by atoms with E-state index in [4.69, 9.17) is 4.74 Å². The summed E-state index contributed by atoms with van der Waals surface area (Å²) in [4.78, 5) is 14.7. The third-order valence-corrected chi connectivity index (χ3v) is 6.05. The zero-order chi connectivity index (χ0) is 15.8. The second-order valence-corrected chi connectivity index (χ2v) is 7.49. The molecule has 4 heteroatoms. The van der Waals surface area contributed by atoms with Crippen molar-refractivity contribution in [2.75, 3.05) is 6.61 Å². The lowest BCUT2D eigenvalue weighted by Gasteiger charge is -2.19. The first-order valence-electron chi connectivity index (χ1n) is 8.36. The van der Waals surface area contributed by atoms with Crippen molar-refractivity contribution < 1.29 is 9.53 Å². The first-order valence-corrected chi connectivity index (χ1v) is 9.17. The van der Waals surface area contributed by atoms with Crippen LogP contribution in [0.4, 0.5) is 0 Å². The van der Waals surface area contributed by atoms with Crippen molar-refractivity contribution in [3.63, 3.8) is 0 Å². The molecule has 2 aromatic rings. The smallest absolute Gasteiger partial charge is 0.261 e. The monoisotopic (exact) mass is 327 g/mol. The molecule has 0 saturated carbocycles. The Bertz CT molecular complexity index is 731. The summed E-state index contributed by atoms with van der Waals surface area (Å²) >= 11 is 1.62. The number of carbonyl (C=O) groups is 1. The molecule has 1 aliphatic carbocycles. The summed E-state index contributed by atoms with van der Waals surface area (Å²) in [5.41, 5.74) is 4.00. The molecule has 0 spiro atoms. The van der Waals surface area contributed by atoms with Crippen LogP contribution in [0.2, 0.25) is 0 Å². The molecule has 3 nitrogen and oxygen atoms in total. The lowest BCUT2D eigenvalue weighted by Crippen LogP contribution is -2.40. The first-order chi connectivity index (χ1) is 11.2. The molecule has 1 aromatic heterocycles. The summed E-state index contributed by atoms with van der Waals surface area (Å²) in [6.07, 6.45) is 4.38. The predicted octanol–water partition coefficient (Wildman–Crippen LogP) is 3.81. The fraction of sp³-hybridized carbons (Fsp3) is 0.421. The van der Waals surface area contributed by atoms with Gasteiger partial charge in [0.25, 0.3) is 5.91 Å². The van der Waals surface area contributed by atoms with Gasteiger partial charge >= 0.3 is 0 Å². The van der Waals surface area contributed by atoms with Gasteiger partial charge in [-0.1, -0.05) is 24.3 Å². The van der Waals surface area contributed by atoms with E-state index in [0.717, 1.165) is 37.2 Å². The summed E-state index contributed by atoms with van der Waals surface area (Å²) in [5.74, 6) is 0.0323. The van der Waals surface area contributed by atoms with Crippen LogP contribution < -0.4 is 5.32 Å². The Labute approximate surface area is 140 Å². The average Bonchev–Trinajstić information content (AvgIpc) is 3.24. The van der Waals surface area contributed by atoms with Gasteiger partial charge in [0.15, 0.2) is 0 Å². The van der Waals surface area contributed by atoms with Crippen molar-refractivity contribution >= 4 is 17.2 Å². The van der Waals surface area contributed by atoms with Gasteiger partial charge < -0.3 is 10.1 Å². The van der Waals surface area contributed by atoms with Crippen LogP contribution in [0.15, 0.2) is 30.3 Å². The van der Waals surface area contributed by atoms with Gasteiger partial charge in [0, 0.05) is 11.5 Å². The Balaban J connectivity index is 1.55. The molecule has 0 radical (unpaired) electrons. The zero-order valence-corrected chi connectivity index (χ0v) is 14.1. The number of carbonyl (C=O) groups excluding carboxylic acids is 1. The molecule has 1 aromatic carbocycles. The number of hydrogen-bond donors (Lipinski definition) is 1. The first kappa shape index (κ1) is 14.9. The maximum absolute atomic E-state index is 12.6. The van der Waals surface area contributed by atoms with Gasteiger partial charge in [-0.3, -0.25) is 4.79 Å². The maximum atomic E-state index is 12.6. The molecule has 1 aliphatic heterocycles. The van der Waals surface area contributed by atoms with E-state index in [-0.39, 0.29) is 18.1 Å². The highest BCUT2D eigenvalue weighted by Crippen LogP contribution is 2.39. The van der Waals surface area contributed by atoms with Gasteiger partial charge in [0.05, 0.1) is 17.0 Å². The number of thiophene rings is 1. The van der Waals surface area contributed by atoms with Crippen LogP contribution in [0.25, 0.3) is 10.4 Å². The van der Waals surface area contributed by atoms with Crippen LogP contribution in [0.3, 0.4) is 0 Å². The number of fused-ring (bicyclic) bond motifs is 3. The number of rotatable bonds is 3. The number of hydrogen-bond acceptors (Lipinski definition) is 3. The van der Waals surface area contributed by atoms with Crippen LogP contribution in [-0.4, -0.2) is 24.7 Å². The minimum absolute atomic E-state index is 0.0323. The minimum Gasteiger partial charge on any atom is -0.376 e. The van der Waals surface area contributed by atoms with Crippen molar-refractivity contribution in [1.82, 2.24) is 5.32 Å². The third-order valence-electron chi connectivity index (χ3n) is 4.84. The van der Waals surface area contributed by atoms with Gasteiger partial charge in [-0.15, -0.1) is 11.3 Å².